The highest BCUT2D eigenvalue weighted by Crippen LogP contribution is 2.41. The number of carboxylic acid groups (broad SMARTS) is 1. The van der Waals surface area contributed by atoms with Gasteiger partial charge in [0.25, 0.3) is 0 Å². The van der Waals surface area contributed by atoms with Crippen LogP contribution in [0.4, 0.5) is 27.9 Å². The van der Waals surface area contributed by atoms with E-state index in [9.17, 15) is 31.9 Å². The first-order valence-electron chi connectivity index (χ1n) is 9.06. The lowest BCUT2D eigenvalue weighted by Crippen LogP contribution is -2.46. The number of aromatic nitrogens is 4. The smallest absolute Gasteiger partial charge is 0.419 e. The number of nitrogens with zero attached hydrogens (tertiary/aromatic N) is 5. The number of phenols is 1. The number of aliphatic carboxylic acids is 1. The van der Waals surface area contributed by atoms with Crippen molar-refractivity contribution in [3.05, 3.63) is 29.5 Å². The number of anilines is 1. The van der Waals surface area contributed by atoms with Crippen LogP contribution in [0.2, 0.25) is 0 Å². The quantitative estimate of drug-likeness (QED) is 0.574. The van der Waals surface area contributed by atoms with Crippen molar-refractivity contribution in [3.63, 3.8) is 0 Å². The third kappa shape index (κ3) is 3.55. The molecule has 3 aromatic rings. The summed E-state index contributed by atoms with van der Waals surface area (Å²) in [7, 11) is 1.40. The van der Waals surface area contributed by atoms with Gasteiger partial charge in [-0.1, -0.05) is 0 Å². The van der Waals surface area contributed by atoms with Gasteiger partial charge in [0.1, 0.15) is 5.69 Å². The summed E-state index contributed by atoms with van der Waals surface area (Å²) in [5.74, 6) is -6.57. The van der Waals surface area contributed by atoms with Crippen molar-refractivity contribution in [2.75, 3.05) is 24.6 Å². The second-order valence-corrected chi connectivity index (χ2v) is 6.97. The number of fused-ring (bicyclic) bond motifs is 1. The zero-order valence-corrected chi connectivity index (χ0v) is 16.2. The Balaban J connectivity index is 1.82. The van der Waals surface area contributed by atoms with Crippen molar-refractivity contribution in [3.8, 4) is 17.0 Å². The summed E-state index contributed by atoms with van der Waals surface area (Å²) in [6.07, 6.45) is -5.10. The Bertz CT molecular complexity index is 1230. The molecule has 3 heterocycles. The van der Waals surface area contributed by atoms with Gasteiger partial charge in [0.2, 0.25) is 5.95 Å². The summed E-state index contributed by atoms with van der Waals surface area (Å²) in [5.41, 5.74) is -2.87. The van der Waals surface area contributed by atoms with Crippen molar-refractivity contribution >= 4 is 23.0 Å². The third-order valence-corrected chi connectivity index (χ3v) is 4.93. The Kier molecular flexibility index (Phi) is 5.11. The van der Waals surface area contributed by atoms with Gasteiger partial charge >= 0.3 is 12.1 Å². The lowest BCUT2D eigenvalue weighted by molar-refractivity contribution is -0.150. The van der Waals surface area contributed by atoms with E-state index in [1.165, 1.54) is 13.2 Å². The minimum Gasteiger partial charge on any atom is -0.503 e. The molecule has 2 aromatic heterocycles. The topological polar surface area (TPSA) is 114 Å². The van der Waals surface area contributed by atoms with E-state index in [0.717, 1.165) is 4.68 Å². The molecule has 2 N–H and O–H groups in total. The molecule has 0 radical (unpaired) electrons. The van der Waals surface area contributed by atoms with Crippen molar-refractivity contribution < 1.29 is 41.7 Å². The van der Waals surface area contributed by atoms with Crippen LogP contribution in [-0.2, 0) is 22.8 Å². The van der Waals surface area contributed by atoms with Gasteiger partial charge in [-0.3, -0.25) is 0 Å². The molecule has 170 valence electrons. The van der Waals surface area contributed by atoms with Crippen molar-refractivity contribution in [1.29, 1.82) is 0 Å². The average molecular weight is 459 g/mol. The zero-order chi connectivity index (χ0) is 23.4. The summed E-state index contributed by atoms with van der Waals surface area (Å²) in [6.45, 7) is 0.353. The highest BCUT2D eigenvalue weighted by atomic mass is 19.4. The number of rotatable bonds is 3. The summed E-state index contributed by atoms with van der Waals surface area (Å²) < 4.78 is 74.0. The van der Waals surface area contributed by atoms with Crippen LogP contribution in [0.5, 0.6) is 5.75 Å². The molecule has 14 heteroatoms. The number of carbonyl (C=O) groups is 1. The Morgan fingerprint density at radius 1 is 1.28 bits per heavy atom. The van der Waals surface area contributed by atoms with Crippen LogP contribution in [0.15, 0.2) is 12.3 Å². The molecule has 1 aromatic carbocycles. The molecular weight excluding hydrogens is 445 g/mol. The summed E-state index contributed by atoms with van der Waals surface area (Å²) in [4.78, 5) is 21.1. The highest BCUT2D eigenvalue weighted by Gasteiger charge is 2.38. The van der Waals surface area contributed by atoms with Gasteiger partial charge in [0, 0.05) is 25.4 Å². The summed E-state index contributed by atoms with van der Waals surface area (Å²) in [5, 5.41) is 22.7. The fourth-order valence-electron chi connectivity index (χ4n) is 3.36. The number of benzene rings is 1. The first-order valence-corrected chi connectivity index (χ1v) is 9.06. The molecule has 32 heavy (non-hydrogen) atoms. The van der Waals surface area contributed by atoms with Gasteiger partial charge < -0.3 is 19.8 Å². The molecule has 1 unspecified atom stereocenters. The van der Waals surface area contributed by atoms with Crippen LogP contribution in [0, 0.1) is 11.6 Å². The van der Waals surface area contributed by atoms with Crippen LogP contribution < -0.4 is 4.90 Å². The number of morpholine rings is 1. The predicted octanol–water partition coefficient (Wildman–Crippen LogP) is 2.32. The molecular formula is C18H14F5N5O4. The number of ether oxygens (including phenoxy) is 1. The van der Waals surface area contributed by atoms with Crippen molar-refractivity contribution in [2.45, 2.75) is 12.3 Å². The van der Waals surface area contributed by atoms with Crippen LogP contribution in [0.1, 0.15) is 5.56 Å². The van der Waals surface area contributed by atoms with Gasteiger partial charge in [-0.15, -0.1) is 0 Å². The van der Waals surface area contributed by atoms with Gasteiger partial charge in [0.05, 0.1) is 24.1 Å². The van der Waals surface area contributed by atoms with E-state index in [-0.39, 0.29) is 48.4 Å². The molecule has 0 saturated carbocycles. The van der Waals surface area contributed by atoms with Crippen LogP contribution in [0.25, 0.3) is 22.3 Å². The largest absolute Gasteiger partial charge is 0.503 e. The van der Waals surface area contributed by atoms with Gasteiger partial charge in [-0.2, -0.15) is 23.3 Å². The maximum absolute atomic E-state index is 14.5. The van der Waals surface area contributed by atoms with E-state index in [2.05, 4.69) is 15.1 Å². The Hall–Kier alpha value is -3.55. The predicted molar refractivity (Wildman–Crippen MR) is 97.9 cm³/mol. The monoisotopic (exact) mass is 459 g/mol. The van der Waals surface area contributed by atoms with E-state index in [1.807, 2.05) is 0 Å². The van der Waals surface area contributed by atoms with Crippen molar-refractivity contribution in [2.24, 2.45) is 7.05 Å². The molecule has 1 fully saturated rings. The van der Waals surface area contributed by atoms with Crippen molar-refractivity contribution in [1.82, 2.24) is 19.7 Å². The molecule has 1 aliphatic rings. The number of hydrogen-bond acceptors (Lipinski definition) is 7. The number of aromatic hydroxyl groups is 1. The fourth-order valence-corrected chi connectivity index (χ4v) is 3.36. The second-order valence-electron chi connectivity index (χ2n) is 6.97. The number of carboxylic acids is 1. The number of hydrogen-bond donors (Lipinski definition) is 2. The molecule has 0 spiro atoms. The minimum atomic E-state index is -5.19. The first kappa shape index (κ1) is 21.7. The van der Waals surface area contributed by atoms with Gasteiger partial charge in [-0.25, -0.2) is 23.2 Å². The molecule has 1 atom stereocenters. The minimum absolute atomic E-state index is 0.0392. The van der Waals surface area contributed by atoms with E-state index in [0.29, 0.717) is 0 Å². The van der Waals surface area contributed by atoms with Crippen LogP contribution in [-0.4, -0.2) is 61.7 Å². The van der Waals surface area contributed by atoms with E-state index in [1.54, 1.807) is 4.90 Å². The second kappa shape index (κ2) is 7.55. The normalized spacial score (nSPS) is 17.2. The van der Waals surface area contributed by atoms with Gasteiger partial charge in [-0.05, 0) is 6.07 Å². The van der Waals surface area contributed by atoms with Crippen LogP contribution >= 0.6 is 0 Å². The van der Waals surface area contributed by atoms with E-state index < -0.39 is 46.8 Å². The molecule has 1 aliphatic heterocycles. The molecule has 0 bridgehead atoms. The average Bonchev–Trinajstić information content (AvgIpc) is 3.07. The van der Waals surface area contributed by atoms with Crippen LogP contribution in [0.3, 0.4) is 0 Å². The summed E-state index contributed by atoms with van der Waals surface area (Å²) >= 11 is 0. The lowest BCUT2D eigenvalue weighted by atomic mass is 10.0. The number of halogens is 5. The number of alkyl halides is 3. The fraction of sp³-hybridized carbons (Fsp3) is 0.333. The molecule has 0 aliphatic carbocycles. The molecule has 4 rings (SSSR count). The Morgan fingerprint density at radius 3 is 2.66 bits per heavy atom. The standard InChI is InChI=1S/C18H14F5N5O4/c1-27-15-8(5-24-17(25-15)28-2-3-32-10(6-28)16(30)31)13(26-27)7-4-9(18(21,22)23)12(20)14(29)11(7)19/h4-5,10,29H,2-3,6H2,1H3,(H,30,31). The maximum Gasteiger partial charge on any atom is 0.419 e. The number of aryl methyl sites for hydroxylation is 1. The van der Waals surface area contributed by atoms with Gasteiger partial charge in [0.15, 0.2) is 29.1 Å². The SMILES string of the molecule is Cn1nc(-c2cc(C(F)(F)F)c(F)c(O)c2F)c2cnc(N3CCOC(C(=O)O)C3)nc21. The molecule has 9 nitrogen and oxygen atoms in total. The maximum atomic E-state index is 14.5. The zero-order valence-electron chi connectivity index (χ0n) is 16.2. The first-order chi connectivity index (χ1) is 15.0. The summed E-state index contributed by atoms with van der Waals surface area (Å²) in [6, 6.07) is 0.222. The lowest BCUT2D eigenvalue weighted by Gasteiger charge is -2.30. The molecule has 1 saturated heterocycles. The number of phenolic OH excluding ortho intramolecular Hbond substituents is 1. The molecule has 0 amide bonds. The Morgan fingerprint density at radius 2 is 2.00 bits per heavy atom. The third-order valence-electron chi connectivity index (χ3n) is 4.93. The highest BCUT2D eigenvalue weighted by molar-refractivity contribution is 5.91. The van der Waals surface area contributed by atoms with E-state index >= 15 is 0 Å². The Labute approximate surface area is 175 Å². The van der Waals surface area contributed by atoms with E-state index in [4.69, 9.17) is 9.84 Å².